The summed E-state index contributed by atoms with van der Waals surface area (Å²) >= 11 is 0. The minimum atomic E-state index is -0.530. The Morgan fingerprint density at radius 2 is 2.17 bits per heavy atom. The fourth-order valence-corrected chi connectivity index (χ4v) is 1.52. The van der Waals surface area contributed by atoms with E-state index in [-0.39, 0.29) is 17.4 Å². The lowest BCUT2D eigenvalue weighted by molar-refractivity contribution is -0.385. The number of carbonyl (C=O) groups excluding carboxylic acids is 1. The lowest BCUT2D eigenvalue weighted by atomic mass is 10.0. The van der Waals surface area contributed by atoms with E-state index < -0.39 is 10.8 Å². The van der Waals surface area contributed by atoms with E-state index in [9.17, 15) is 14.9 Å². The summed E-state index contributed by atoms with van der Waals surface area (Å²) in [6.07, 6.45) is 0. The van der Waals surface area contributed by atoms with Crippen molar-refractivity contribution >= 4 is 11.7 Å². The molecule has 1 rings (SSSR count). The highest BCUT2D eigenvalue weighted by Crippen LogP contribution is 2.30. The van der Waals surface area contributed by atoms with E-state index in [1.165, 1.54) is 25.3 Å². The van der Waals surface area contributed by atoms with E-state index >= 15 is 0 Å². The molecule has 0 heterocycles. The number of nitro benzene ring substituents is 1. The van der Waals surface area contributed by atoms with Gasteiger partial charge in [0, 0.05) is 6.07 Å². The zero-order valence-corrected chi connectivity index (χ0v) is 10.5. The Balaban J connectivity index is 3.05. The second-order valence-corrected chi connectivity index (χ2v) is 3.66. The van der Waals surface area contributed by atoms with Crippen molar-refractivity contribution in [2.24, 2.45) is 0 Å². The summed E-state index contributed by atoms with van der Waals surface area (Å²) < 4.78 is 9.84. The van der Waals surface area contributed by atoms with Crippen LogP contribution in [0.2, 0.25) is 0 Å². The molecule has 6 nitrogen and oxygen atoms in total. The third-order valence-corrected chi connectivity index (χ3v) is 2.54. The van der Waals surface area contributed by atoms with Gasteiger partial charge in [0.2, 0.25) is 0 Å². The van der Waals surface area contributed by atoms with Gasteiger partial charge in [-0.1, -0.05) is 6.07 Å². The van der Waals surface area contributed by atoms with Gasteiger partial charge in [0.05, 0.1) is 24.6 Å². The van der Waals surface area contributed by atoms with E-state index in [1.54, 1.807) is 13.8 Å². The van der Waals surface area contributed by atoms with E-state index in [0.717, 1.165) is 0 Å². The van der Waals surface area contributed by atoms with Gasteiger partial charge in [-0.15, -0.1) is 0 Å². The van der Waals surface area contributed by atoms with Gasteiger partial charge in [-0.25, -0.2) is 0 Å². The van der Waals surface area contributed by atoms with Crippen molar-refractivity contribution in [2.75, 3.05) is 13.7 Å². The molecule has 0 aromatic heterocycles. The van der Waals surface area contributed by atoms with Gasteiger partial charge in [-0.05, 0) is 25.5 Å². The Bertz CT molecular complexity index is 458. The summed E-state index contributed by atoms with van der Waals surface area (Å²) in [4.78, 5) is 21.8. The van der Waals surface area contributed by atoms with Crippen molar-refractivity contribution in [3.05, 3.63) is 33.9 Å². The van der Waals surface area contributed by atoms with Crippen LogP contribution in [-0.4, -0.2) is 24.6 Å². The van der Waals surface area contributed by atoms with Crippen molar-refractivity contribution in [1.82, 2.24) is 0 Å². The lowest BCUT2D eigenvalue weighted by Gasteiger charge is -2.11. The minimum absolute atomic E-state index is 0.127. The molecule has 0 radical (unpaired) electrons. The normalized spacial score (nSPS) is 11.7. The van der Waals surface area contributed by atoms with Crippen LogP contribution in [0, 0.1) is 10.1 Å². The maximum atomic E-state index is 11.6. The molecule has 1 unspecified atom stereocenters. The topological polar surface area (TPSA) is 78.7 Å². The number of carbonyl (C=O) groups is 1. The standard InChI is InChI=1S/C12H15NO5/c1-4-18-12(14)8(2)9-5-6-10(13(15)16)11(7-9)17-3/h5-8H,4H2,1-3H3. The number of ether oxygens (including phenoxy) is 2. The summed E-state index contributed by atoms with van der Waals surface area (Å²) in [6.45, 7) is 3.70. The monoisotopic (exact) mass is 253 g/mol. The zero-order chi connectivity index (χ0) is 13.7. The Labute approximate surface area is 105 Å². The molecule has 0 saturated heterocycles. The predicted molar refractivity (Wildman–Crippen MR) is 64.7 cm³/mol. The Morgan fingerprint density at radius 3 is 2.67 bits per heavy atom. The molecule has 0 spiro atoms. The average molecular weight is 253 g/mol. The first-order chi connectivity index (χ1) is 8.51. The molecule has 0 bridgehead atoms. The molecule has 6 heteroatoms. The summed E-state index contributed by atoms with van der Waals surface area (Å²) in [5, 5.41) is 10.7. The van der Waals surface area contributed by atoms with Gasteiger partial charge in [0.15, 0.2) is 5.75 Å². The number of hydrogen-bond acceptors (Lipinski definition) is 5. The SMILES string of the molecule is CCOC(=O)C(C)c1ccc([N+](=O)[O-])c(OC)c1. The molecule has 1 aromatic rings. The van der Waals surface area contributed by atoms with Crippen molar-refractivity contribution in [1.29, 1.82) is 0 Å². The maximum Gasteiger partial charge on any atom is 0.313 e. The van der Waals surface area contributed by atoms with Crippen LogP contribution in [0.3, 0.4) is 0 Å². The van der Waals surface area contributed by atoms with Crippen LogP contribution in [-0.2, 0) is 9.53 Å². The first kappa shape index (κ1) is 14.0. The summed E-state index contributed by atoms with van der Waals surface area (Å²) in [5.41, 5.74) is 0.494. The van der Waals surface area contributed by atoms with Crippen LogP contribution in [0.1, 0.15) is 25.3 Å². The predicted octanol–water partition coefficient (Wildman–Crippen LogP) is 2.27. The van der Waals surface area contributed by atoms with Gasteiger partial charge in [0.25, 0.3) is 0 Å². The number of methoxy groups -OCH3 is 1. The van der Waals surface area contributed by atoms with Crippen molar-refractivity contribution in [3.8, 4) is 5.75 Å². The third kappa shape index (κ3) is 2.97. The number of rotatable bonds is 5. The smallest absolute Gasteiger partial charge is 0.313 e. The lowest BCUT2D eigenvalue weighted by Crippen LogP contribution is -2.13. The molecule has 0 aliphatic rings. The van der Waals surface area contributed by atoms with Crippen LogP contribution < -0.4 is 4.74 Å². The third-order valence-electron chi connectivity index (χ3n) is 2.54. The molecule has 18 heavy (non-hydrogen) atoms. The number of esters is 1. The quantitative estimate of drug-likeness (QED) is 0.457. The Morgan fingerprint density at radius 1 is 1.50 bits per heavy atom. The van der Waals surface area contributed by atoms with Crippen molar-refractivity contribution in [3.63, 3.8) is 0 Å². The molecular formula is C12H15NO5. The molecule has 0 fully saturated rings. The highest BCUT2D eigenvalue weighted by molar-refractivity contribution is 5.78. The first-order valence-corrected chi connectivity index (χ1v) is 5.50. The molecule has 0 saturated carbocycles. The summed E-state index contributed by atoms with van der Waals surface area (Å²) in [5.74, 6) is -0.721. The number of nitro groups is 1. The molecule has 0 aliphatic carbocycles. The van der Waals surface area contributed by atoms with E-state index in [4.69, 9.17) is 9.47 Å². The largest absolute Gasteiger partial charge is 0.490 e. The van der Waals surface area contributed by atoms with Crippen LogP contribution in [0.25, 0.3) is 0 Å². The minimum Gasteiger partial charge on any atom is -0.490 e. The van der Waals surface area contributed by atoms with Crippen LogP contribution in [0.15, 0.2) is 18.2 Å². The fourth-order valence-electron chi connectivity index (χ4n) is 1.52. The molecular weight excluding hydrogens is 238 g/mol. The molecule has 1 atom stereocenters. The van der Waals surface area contributed by atoms with Gasteiger partial charge < -0.3 is 9.47 Å². The fraction of sp³-hybridized carbons (Fsp3) is 0.417. The molecule has 1 aromatic carbocycles. The van der Waals surface area contributed by atoms with Crippen molar-refractivity contribution in [2.45, 2.75) is 19.8 Å². The number of hydrogen-bond donors (Lipinski definition) is 0. The van der Waals surface area contributed by atoms with Gasteiger partial charge in [-0.2, -0.15) is 0 Å². The van der Waals surface area contributed by atoms with Gasteiger partial charge in [0.1, 0.15) is 0 Å². The number of nitrogens with zero attached hydrogens (tertiary/aromatic N) is 1. The maximum absolute atomic E-state index is 11.6. The van der Waals surface area contributed by atoms with Crippen molar-refractivity contribution < 1.29 is 19.2 Å². The Kier molecular flexibility index (Phi) is 4.65. The highest BCUT2D eigenvalue weighted by Gasteiger charge is 2.21. The zero-order valence-electron chi connectivity index (χ0n) is 10.5. The molecule has 98 valence electrons. The van der Waals surface area contributed by atoms with E-state index in [2.05, 4.69) is 0 Å². The Hall–Kier alpha value is -2.11. The second-order valence-electron chi connectivity index (χ2n) is 3.66. The summed E-state index contributed by atoms with van der Waals surface area (Å²) in [6, 6.07) is 4.34. The molecule has 0 N–H and O–H groups in total. The first-order valence-electron chi connectivity index (χ1n) is 5.50. The molecule has 0 aliphatic heterocycles. The highest BCUT2D eigenvalue weighted by atomic mass is 16.6. The second kappa shape index (κ2) is 6.00. The van der Waals surface area contributed by atoms with E-state index in [0.29, 0.717) is 12.2 Å². The average Bonchev–Trinajstić information content (AvgIpc) is 2.37. The van der Waals surface area contributed by atoms with Crippen LogP contribution in [0.4, 0.5) is 5.69 Å². The molecule has 0 amide bonds. The van der Waals surface area contributed by atoms with Crippen LogP contribution >= 0.6 is 0 Å². The van der Waals surface area contributed by atoms with Gasteiger partial charge in [-0.3, -0.25) is 14.9 Å². The van der Waals surface area contributed by atoms with Gasteiger partial charge >= 0.3 is 11.7 Å². The van der Waals surface area contributed by atoms with E-state index in [1.807, 2.05) is 0 Å². The summed E-state index contributed by atoms with van der Waals surface area (Å²) in [7, 11) is 1.35. The number of benzene rings is 1. The van der Waals surface area contributed by atoms with Crippen LogP contribution in [0.5, 0.6) is 5.75 Å².